The van der Waals surface area contributed by atoms with Crippen LogP contribution in [0.5, 0.6) is 5.75 Å². The van der Waals surface area contributed by atoms with Gasteiger partial charge in [0.1, 0.15) is 5.75 Å². The van der Waals surface area contributed by atoms with Crippen molar-refractivity contribution in [3.05, 3.63) is 42.0 Å². The topological polar surface area (TPSA) is 33.0 Å². The van der Waals surface area contributed by atoms with Crippen molar-refractivity contribution >= 4 is 10.8 Å². The number of nitriles is 1. The van der Waals surface area contributed by atoms with Gasteiger partial charge in [0.2, 0.25) is 0 Å². The minimum Gasteiger partial charge on any atom is -0.497 e. The lowest BCUT2D eigenvalue weighted by atomic mass is 9.78. The van der Waals surface area contributed by atoms with E-state index in [2.05, 4.69) is 43.3 Å². The van der Waals surface area contributed by atoms with Crippen molar-refractivity contribution in [3.63, 3.8) is 0 Å². The minimum atomic E-state index is 0.137. The van der Waals surface area contributed by atoms with E-state index >= 15 is 0 Å². The number of hydrogen-bond donors (Lipinski definition) is 0. The number of rotatable bonds is 4. The highest BCUT2D eigenvalue weighted by Crippen LogP contribution is 2.39. The Labute approximate surface area is 132 Å². The lowest BCUT2D eigenvalue weighted by molar-refractivity contribution is 0.367. The Hall–Kier alpha value is -2.01. The van der Waals surface area contributed by atoms with Crippen molar-refractivity contribution in [2.45, 2.75) is 38.5 Å². The molecule has 22 heavy (non-hydrogen) atoms. The molecule has 2 aromatic rings. The van der Waals surface area contributed by atoms with Crippen LogP contribution in [0.4, 0.5) is 0 Å². The quantitative estimate of drug-likeness (QED) is 0.768. The summed E-state index contributed by atoms with van der Waals surface area (Å²) in [6.07, 6.45) is 5.00. The third-order valence-corrected chi connectivity index (χ3v) is 5.19. The highest BCUT2D eigenvalue weighted by atomic mass is 16.5. The second-order valence-corrected chi connectivity index (χ2v) is 6.46. The Bertz CT molecular complexity index is 694. The van der Waals surface area contributed by atoms with E-state index in [1.54, 1.807) is 7.11 Å². The Kier molecular flexibility index (Phi) is 4.34. The number of methoxy groups -OCH3 is 1. The van der Waals surface area contributed by atoms with E-state index < -0.39 is 0 Å². The van der Waals surface area contributed by atoms with E-state index in [1.165, 1.54) is 42.0 Å². The molecule has 0 aliphatic heterocycles. The molecule has 0 radical (unpaired) electrons. The first-order valence-corrected chi connectivity index (χ1v) is 8.20. The summed E-state index contributed by atoms with van der Waals surface area (Å²) in [6.45, 7) is 2.21. The summed E-state index contributed by atoms with van der Waals surface area (Å²) in [6, 6.07) is 15.3. The molecule has 0 spiro atoms. The molecule has 2 aromatic carbocycles. The first-order valence-electron chi connectivity index (χ1n) is 8.20. The zero-order valence-electron chi connectivity index (χ0n) is 13.4. The van der Waals surface area contributed by atoms with Crippen LogP contribution in [0.15, 0.2) is 36.4 Å². The van der Waals surface area contributed by atoms with Crippen LogP contribution >= 0.6 is 0 Å². The van der Waals surface area contributed by atoms with Crippen molar-refractivity contribution in [3.8, 4) is 11.8 Å². The average molecular weight is 293 g/mol. The second-order valence-electron chi connectivity index (χ2n) is 6.46. The predicted molar refractivity (Wildman–Crippen MR) is 90.0 cm³/mol. The van der Waals surface area contributed by atoms with Gasteiger partial charge >= 0.3 is 0 Å². The summed E-state index contributed by atoms with van der Waals surface area (Å²) in [5, 5.41) is 12.0. The van der Waals surface area contributed by atoms with Gasteiger partial charge < -0.3 is 4.74 Å². The maximum Gasteiger partial charge on any atom is 0.119 e. The maximum atomic E-state index is 9.63. The maximum absolute atomic E-state index is 9.63. The molecule has 2 heteroatoms. The van der Waals surface area contributed by atoms with Gasteiger partial charge in [-0.2, -0.15) is 5.26 Å². The van der Waals surface area contributed by atoms with E-state index in [9.17, 15) is 5.26 Å². The van der Waals surface area contributed by atoms with Crippen LogP contribution in [0.2, 0.25) is 0 Å². The predicted octanol–water partition coefficient (Wildman–Crippen LogP) is 5.28. The molecule has 0 amide bonds. The van der Waals surface area contributed by atoms with Gasteiger partial charge in [0, 0.05) is 0 Å². The molecule has 0 saturated heterocycles. The molecule has 0 bridgehead atoms. The van der Waals surface area contributed by atoms with Gasteiger partial charge in [-0.15, -0.1) is 0 Å². The third kappa shape index (κ3) is 2.81. The molecule has 0 unspecified atom stereocenters. The molecule has 1 fully saturated rings. The van der Waals surface area contributed by atoms with Crippen molar-refractivity contribution in [1.82, 2.24) is 0 Å². The van der Waals surface area contributed by atoms with Crippen molar-refractivity contribution < 1.29 is 4.74 Å². The summed E-state index contributed by atoms with van der Waals surface area (Å²) >= 11 is 0. The molecular weight excluding hydrogens is 270 g/mol. The van der Waals surface area contributed by atoms with Crippen molar-refractivity contribution in [1.29, 1.82) is 5.26 Å². The fourth-order valence-electron chi connectivity index (χ4n) is 3.80. The first kappa shape index (κ1) is 14.9. The fourth-order valence-corrected chi connectivity index (χ4v) is 3.80. The molecule has 1 aliphatic carbocycles. The van der Waals surface area contributed by atoms with Crippen LogP contribution in [-0.2, 0) is 0 Å². The molecular formula is C20H23NO. The van der Waals surface area contributed by atoms with E-state index in [1.807, 2.05) is 6.07 Å². The van der Waals surface area contributed by atoms with Gasteiger partial charge in [-0.05, 0) is 53.1 Å². The normalized spacial score (nSPS) is 18.0. The molecule has 1 aliphatic rings. The summed E-state index contributed by atoms with van der Waals surface area (Å²) in [4.78, 5) is 0. The number of hydrogen-bond acceptors (Lipinski definition) is 2. The summed E-state index contributed by atoms with van der Waals surface area (Å²) < 4.78 is 5.28. The zero-order valence-corrected chi connectivity index (χ0v) is 13.4. The number of nitrogens with zero attached hydrogens (tertiary/aromatic N) is 1. The van der Waals surface area contributed by atoms with Crippen LogP contribution in [0.25, 0.3) is 10.8 Å². The standard InChI is InChI=1S/C20H23NO/c1-14(20(13-21)15-5-3-4-6-15)16-7-8-18-12-19(22-2)10-9-17(18)11-16/h7-12,14-15,20H,3-6H2,1-2H3/t14-,20-/m1/s1. The highest BCUT2D eigenvalue weighted by molar-refractivity contribution is 5.84. The van der Waals surface area contributed by atoms with Gasteiger partial charge in [-0.1, -0.05) is 44.0 Å². The van der Waals surface area contributed by atoms with Crippen LogP contribution < -0.4 is 4.74 Å². The molecule has 3 rings (SSSR count). The summed E-state index contributed by atoms with van der Waals surface area (Å²) in [7, 11) is 1.69. The summed E-state index contributed by atoms with van der Waals surface area (Å²) in [5.41, 5.74) is 1.27. The van der Waals surface area contributed by atoms with Crippen LogP contribution in [0.3, 0.4) is 0 Å². The molecule has 0 heterocycles. The zero-order chi connectivity index (χ0) is 15.5. The fraction of sp³-hybridized carbons (Fsp3) is 0.450. The van der Waals surface area contributed by atoms with Crippen LogP contribution in [0, 0.1) is 23.2 Å². The Morgan fingerprint density at radius 1 is 1.09 bits per heavy atom. The van der Waals surface area contributed by atoms with E-state index in [4.69, 9.17) is 4.74 Å². The van der Waals surface area contributed by atoms with Crippen LogP contribution in [0.1, 0.15) is 44.1 Å². The van der Waals surface area contributed by atoms with Gasteiger partial charge in [0.15, 0.2) is 0 Å². The largest absolute Gasteiger partial charge is 0.497 e. The minimum absolute atomic E-state index is 0.137. The van der Waals surface area contributed by atoms with E-state index in [0.717, 1.165) is 5.75 Å². The van der Waals surface area contributed by atoms with Crippen molar-refractivity contribution in [2.75, 3.05) is 7.11 Å². The Morgan fingerprint density at radius 2 is 1.77 bits per heavy atom. The van der Waals surface area contributed by atoms with Gasteiger partial charge in [0.05, 0.1) is 19.1 Å². The highest BCUT2D eigenvalue weighted by Gasteiger charge is 2.30. The molecule has 114 valence electrons. The van der Waals surface area contributed by atoms with Crippen molar-refractivity contribution in [2.24, 2.45) is 11.8 Å². The first-order chi connectivity index (χ1) is 10.7. The molecule has 2 atom stereocenters. The average Bonchev–Trinajstić information content (AvgIpc) is 3.08. The molecule has 0 aromatic heterocycles. The van der Waals surface area contributed by atoms with E-state index in [0.29, 0.717) is 11.8 Å². The van der Waals surface area contributed by atoms with Gasteiger partial charge in [0.25, 0.3) is 0 Å². The lowest BCUT2D eigenvalue weighted by Gasteiger charge is -2.24. The van der Waals surface area contributed by atoms with Crippen LogP contribution in [-0.4, -0.2) is 7.11 Å². The Morgan fingerprint density at radius 3 is 2.45 bits per heavy atom. The third-order valence-electron chi connectivity index (χ3n) is 5.19. The number of benzene rings is 2. The number of ether oxygens (including phenoxy) is 1. The van der Waals surface area contributed by atoms with E-state index in [-0.39, 0.29) is 5.92 Å². The SMILES string of the molecule is COc1ccc2cc([C@@H](C)[C@@H](C#N)C3CCCC3)ccc2c1. The number of fused-ring (bicyclic) bond motifs is 1. The molecule has 1 saturated carbocycles. The lowest BCUT2D eigenvalue weighted by Crippen LogP contribution is -2.16. The van der Waals surface area contributed by atoms with Gasteiger partial charge in [-0.25, -0.2) is 0 Å². The molecule has 2 nitrogen and oxygen atoms in total. The monoisotopic (exact) mass is 293 g/mol. The summed E-state index contributed by atoms with van der Waals surface area (Å²) in [5.74, 6) is 1.89. The Balaban J connectivity index is 1.90. The molecule has 0 N–H and O–H groups in total. The van der Waals surface area contributed by atoms with Gasteiger partial charge in [-0.3, -0.25) is 0 Å². The second kappa shape index (κ2) is 6.40. The smallest absolute Gasteiger partial charge is 0.119 e.